The Morgan fingerprint density at radius 1 is 0.760 bits per heavy atom. The molecule has 0 bridgehead atoms. The molecule has 1 aliphatic carbocycles. The van der Waals surface area contributed by atoms with Crippen molar-refractivity contribution in [3.63, 3.8) is 0 Å². The molecule has 0 atom stereocenters. The summed E-state index contributed by atoms with van der Waals surface area (Å²) >= 11 is 3.43. The van der Waals surface area contributed by atoms with Crippen LogP contribution in [0.3, 0.4) is 0 Å². The third-order valence-electron chi connectivity index (χ3n) is 4.36. The lowest BCUT2D eigenvalue weighted by Gasteiger charge is -2.22. The number of carbonyl (C=O) groups excluding carboxylic acids is 2. The highest BCUT2D eigenvalue weighted by molar-refractivity contribution is 9.10. The lowest BCUT2D eigenvalue weighted by atomic mass is 9.83. The van der Waals surface area contributed by atoms with Crippen molar-refractivity contribution in [2.75, 3.05) is 5.32 Å². The molecule has 0 radical (unpaired) electrons. The molecule has 0 spiro atoms. The summed E-state index contributed by atoms with van der Waals surface area (Å²) in [5.41, 5.74) is 4.39. The van der Waals surface area contributed by atoms with Gasteiger partial charge in [-0.05, 0) is 31.2 Å². The predicted molar refractivity (Wildman–Crippen MR) is 102 cm³/mol. The largest absolute Gasteiger partial charge is 0.355 e. The number of ketones is 2. The summed E-state index contributed by atoms with van der Waals surface area (Å²) in [7, 11) is 0. The number of nitrogens with one attached hydrogen (secondary N) is 1. The van der Waals surface area contributed by atoms with Crippen molar-refractivity contribution in [3.05, 3.63) is 93.0 Å². The summed E-state index contributed by atoms with van der Waals surface area (Å²) < 4.78 is 0.629. The van der Waals surface area contributed by atoms with Gasteiger partial charge in [0.25, 0.3) is 0 Å². The van der Waals surface area contributed by atoms with Gasteiger partial charge in [-0.25, -0.2) is 0 Å². The molecule has 25 heavy (non-hydrogen) atoms. The van der Waals surface area contributed by atoms with Crippen molar-refractivity contribution in [2.45, 2.75) is 6.92 Å². The van der Waals surface area contributed by atoms with Crippen LogP contribution in [0.1, 0.15) is 37.4 Å². The van der Waals surface area contributed by atoms with Gasteiger partial charge in [-0.3, -0.25) is 9.59 Å². The summed E-state index contributed by atoms with van der Waals surface area (Å²) in [6.07, 6.45) is 0. The van der Waals surface area contributed by atoms with E-state index in [0.717, 1.165) is 11.3 Å². The second-order valence-electron chi connectivity index (χ2n) is 6.04. The van der Waals surface area contributed by atoms with Gasteiger partial charge in [-0.15, -0.1) is 0 Å². The van der Waals surface area contributed by atoms with E-state index >= 15 is 0 Å². The van der Waals surface area contributed by atoms with Gasteiger partial charge in [-0.1, -0.05) is 57.9 Å². The van der Waals surface area contributed by atoms with E-state index in [9.17, 15) is 9.59 Å². The Labute approximate surface area is 153 Å². The van der Waals surface area contributed by atoms with E-state index in [1.807, 2.05) is 37.3 Å². The molecule has 1 N–H and O–H groups in total. The third-order valence-corrected chi connectivity index (χ3v) is 5.02. The van der Waals surface area contributed by atoms with Crippen molar-refractivity contribution in [1.29, 1.82) is 0 Å². The Morgan fingerprint density at radius 2 is 1.36 bits per heavy atom. The number of benzene rings is 3. The molecule has 3 aromatic rings. The summed E-state index contributed by atoms with van der Waals surface area (Å²) in [6, 6.07) is 18.5. The molecule has 0 fully saturated rings. The van der Waals surface area contributed by atoms with Crippen molar-refractivity contribution >= 4 is 38.9 Å². The van der Waals surface area contributed by atoms with Crippen LogP contribution in [0.4, 0.5) is 11.4 Å². The first-order chi connectivity index (χ1) is 12.1. The number of hydrogen-bond acceptors (Lipinski definition) is 3. The van der Waals surface area contributed by atoms with Gasteiger partial charge in [0.1, 0.15) is 0 Å². The minimum absolute atomic E-state index is 0.135. The number of fused-ring (bicyclic) bond motifs is 2. The first kappa shape index (κ1) is 15.8. The Balaban J connectivity index is 1.88. The number of rotatable bonds is 2. The minimum Gasteiger partial charge on any atom is -0.355 e. The molecule has 3 nitrogen and oxygen atoms in total. The Kier molecular flexibility index (Phi) is 3.77. The zero-order chi connectivity index (χ0) is 17.6. The van der Waals surface area contributed by atoms with Gasteiger partial charge < -0.3 is 5.32 Å². The zero-order valence-corrected chi connectivity index (χ0v) is 15.1. The van der Waals surface area contributed by atoms with Crippen LogP contribution in [0.25, 0.3) is 0 Å². The predicted octanol–water partition coefficient (Wildman–Crippen LogP) is 5.28. The van der Waals surface area contributed by atoms with E-state index in [1.165, 1.54) is 0 Å². The van der Waals surface area contributed by atoms with Crippen molar-refractivity contribution in [1.82, 2.24) is 0 Å². The second-order valence-corrected chi connectivity index (χ2v) is 6.89. The summed E-state index contributed by atoms with van der Waals surface area (Å²) in [5, 5.41) is 3.27. The first-order valence-corrected chi connectivity index (χ1v) is 8.70. The van der Waals surface area contributed by atoms with Crippen molar-refractivity contribution < 1.29 is 9.59 Å². The highest BCUT2D eigenvalue weighted by Crippen LogP contribution is 2.37. The standard InChI is InChI=1S/C21H14BrNO2/c1-12-6-8-13(9-7-12)23-17-11-10-16(22)18-19(17)21(25)15-5-3-2-4-14(15)20(18)24/h2-11,23H,1H3. The zero-order valence-electron chi connectivity index (χ0n) is 13.5. The molecule has 0 heterocycles. The van der Waals surface area contributed by atoms with E-state index < -0.39 is 0 Å². The van der Waals surface area contributed by atoms with E-state index in [-0.39, 0.29) is 11.6 Å². The maximum Gasteiger partial charge on any atom is 0.196 e. The van der Waals surface area contributed by atoms with Gasteiger partial charge in [0.15, 0.2) is 11.6 Å². The number of carbonyl (C=O) groups is 2. The van der Waals surface area contributed by atoms with Crippen molar-refractivity contribution in [3.8, 4) is 0 Å². The lowest BCUT2D eigenvalue weighted by Crippen LogP contribution is -2.22. The quantitative estimate of drug-likeness (QED) is 0.505. The summed E-state index contributed by atoms with van der Waals surface area (Å²) in [4.78, 5) is 26.0. The number of hydrogen-bond donors (Lipinski definition) is 1. The molecule has 0 aromatic heterocycles. The molecule has 0 saturated carbocycles. The van der Waals surface area contributed by atoms with Crippen LogP contribution in [0, 0.1) is 6.92 Å². The SMILES string of the molecule is Cc1ccc(Nc2ccc(Br)c3c2C(=O)c2ccccc2C3=O)cc1. The molecule has 0 amide bonds. The first-order valence-electron chi connectivity index (χ1n) is 7.91. The molecular weight excluding hydrogens is 378 g/mol. The summed E-state index contributed by atoms with van der Waals surface area (Å²) in [6.45, 7) is 2.02. The van der Waals surface area contributed by atoms with Crippen LogP contribution >= 0.6 is 15.9 Å². The molecular formula is C21H14BrNO2. The van der Waals surface area contributed by atoms with Crippen LogP contribution in [0.15, 0.2) is 65.1 Å². The maximum absolute atomic E-state index is 13.1. The number of anilines is 2. The van der Waals surface area contributed by atoms with Crippen LogP contribution in [-0.4, -0.2) is 11.6 Å². The number of halogens is 1. The van der Waals surface area contributed by atoms with Crippen molar-refractivity contribution in [2.24, 2.45) is 0 Å². The number of aryl methyl sites for hydroxylation is 1. The fourth-order valence-electron chi connectivity index (χ4n) is 3.08. The van der Waals surface area contributed by atoms with E-state index in [0.29, 0.717) is 32.4 Å². The molecule has 122 valence electrons. The minimum atomic E-state index is -0.138. The van der Waals surface area contributed by atoms with Gasteiger partial charge in [0.2, 0.25) is 0 Å². The lowest BCUT2D eigenvalue weighted by molar-refractivity contribution is 0.0979. The molecule has 0 saturated heterocycles. The van der Waals surface area contributed by atoms with Gasteiger partial charge >= 0.3 is 0 Å². The highest BCUT2D eigenvalue weighted by atomic mass is 79.9. The Hall–Kier alpha value is -2.72. The molecule has 4 rings (SSSR count). The Morgan fingerprint density at radius 3 is 2.00 bits per heavy atom. The maximum atomic E-state index is 13.1. The fraction of sp³-hybridized carbons (Fsp3) is 0.0476. The van der Waals surface area contributed by atoms with Crippen LogP contribution < -0.4 is 5.32 Å². The smallest absolute Gasteiger partial charge is 0.196 e. The molecule has 0 aliphatic heterocycles. The molecule has 4 heteroatoms. The van der Waals surface area contributed by atoms with Gasteiger partial charge in [-0.2, -0.15) is 0 Å². The van der Waals surface area contributed by atoms with E-state index in [1.54, 1.807) is 30.3 Å². The van der Waals surface area contributed by atoms with E-state index in [2.05, 4.69) is 21.2 Å². The van der Waals surface area contributed by atoms with Gasteiger partial charge in [0.05, 0.1) is 16.8 Å². The van der Waals surface area contributed by atoms with E-state index in [4.69, 9.17) is 0 Å². The van der Waals surface area contributed by atoms with Crippen LogP contribution in [0.5, 0.6) is 0 Å². The van der Waals surface area contributed by atoms with Crippen LogP contribution in [0.2, 0.25) is 0 Å². The van der Waals surface area contributed by atoms with Gasteiger partial charge in [0, 0.05) is 21.3 Å². The highest BCUT2D eigenvalue weighted by Gasteiger charge is 2.33. The third kappa shape index (κ3) is 2.59. The summed E-state index contributed by atoms with van der Waals surface area (Å²) in [5.74, 6) is -0.272. The topological polar surface area (TPSA) is 46.2 Å². The average Bonchev–Trinajstić information content (AvgIpc) is 2.63. The average molecular weight is 392 g/mol. The molecule has 1 aliphatic rings. The Bertz CT molecular complexity index is 1020. The molecule has 3 aromatic carbocycles. The normalized spacial score (nSPS) is 12.6. The monoisotopic (exact) mass is 391 g/mol. The molecule has 0 unspecified atom stereocenters. The van der Waals surface area contributed by atoms with Crippen LogP contribution in [-0.2, 0) is 0 Å². The second kappa shape index (κ2) is 5.97. The fourth-order valence-corrected chi connectivity index (χ4v) is 3.59.